The van der Waals surface area contributed by atoms with E-state index >= 15 is 0 Å². The zero-order chi connectivity index (χ0) is 31.4. The van der Waals surface area contributed by atoms with Crippen molar-refractivity contribution < 1.29 is 23.7 Å². The normalized spacial score (nSPS) is 14.7. The van der Waals surface area contributed by atoms with Gasteiger partial charge in [-0.2, -0.15) is 0 Å². The minimum Gasteiger partial charge on any atom is -0.496 e. The summed E-state index contributed by atoms with van der Waals surface area (Å²) in [5, 5.41) is 0. The van der Waals surface area contributed by atoms with Crippen molar-refractivity contribution in [3.8, 4) is 17.2 Å². The van der Waals surface area contributed by atoms with Gasteiger partial charge in [-0.25, -0.2) is 9.79 Å². The second kappa shape index (κ2) is 13.7. The molecule has 0 saturated carbocycles. The Bertz CT molecular complexity index is 1890. The maximum atomic E-state index is 14.1. The molecule has 0 bridgehead atoms. The highest BCUT2D eigenvalue weighted by Crippen LogP contribution is 2.37. The van der Waals surface area contributed by atoms with Gasteiger partial charge < -0.3 is 18.9 Å². The first kappa shape index (κ1) is 31.3. The minimum absolute atomic E-state index is 0.285. The van der Waals surface area contributed by atoms with Crippen LogP contribution in [-0.2, 0) is 16.1 Å². The van der Waals surface area contributed by atoms with Crippen LogP contribution in [0.3, 0.4) is 0 Å². The van der Waals surface area contributed by atoms with Crippen LogP contribution in [-0.4, -0.2) is 30.4 Å². The predicted octanol–water partition coefficient (Wildman–Crippen LogP) is 5.94. The van der Waals surface area contributed by atoms with Gasteiger partial charge in [0.05, 0.1) is 35.6 Å². The fourth-order valence-corrected chi connectivity index (χ4v) is 6.39. The summed E-state index contributed by atoms with van der Waals surface area (Å²) in [7, 11) is 1.56. The second-order valence-electron chi connectivity index (χ2n) is 10.3. The topological polar surface area (TPSA) is 88.4 Å². The molecule has 0 amide bonds. The Morgan fingerprint density at radius 3 is 2.50 bits per heavy atom. The van der Waals surface area contributed by atoms with E-state index in [4.69, 9.17) is 18.9 Å². The summed E-state index contributed by atoms with van der Waals surface area (Å²) in [5.74, 6) is 1.19. The van der Waals surface area contributed by atoms with Crippen LogP contribution in [0.1, 0.15) is 50.4 Å². The second-order valence-corrected chi connectivity index (χ2v) is 12.3. The minimum atomic E-state index is -0.806. The van der Waals surface area contributed by atoms with Crippen molar-refractivity contribution in [2.24, 2.45) is 4.99 Å². The van der Waals surface area contributed by atoms with Crippen LogP contribution in [0.25, 0.3) is 6.08 Å². The summed E-state index contributed by atoms with van der Waals surface area (Å²) in [6, 6.07) is 20.2. The van der Waals surface area contributed by atoms with Crippen LogP contribution in [0.2, 0.25) is 0 Å². The molecule has 1 aliphatic rings. The number of allylic oxidation sites excluding steroid dienone is 1. The number of ether oxygens (including phenoxy) is 4. The highest BCUT2D eigenvalue weighted by atomic mass is 79.9. The summed E-state index contributed by atoms with van der Waals surface area (Å²) >= 11 is 4.79. The van der Waals surface area contributed by atoms with Crippen LogP contribution < -0.4 is 29.1 Å². The largest absolute Gasteiger partial charge is 0.496 e. The summed E-state index contributed by atoms with van der Waals surface area (Å²) in [6.45, 7) is 8.09. The van der Waals surface area contributed by atoms with E-state index in [1.807, 2.05) is 67.6 Å². The molecule has 2 heterocycles. The van der Waals surface area contributed by atoms with Gasteiger partial charge in [-0.05, 0) is 75.2 Å². The van der Waals surface area contributed by atoms with Gasteiger partial charge in [-0.1, -0.05) is 63.7 Å². The fraction of sp³-hybridized carbons (Fsp3) is 0.265. The Kier molecular flexibility index (Phi) is 9.71. The van der Waals surface area contributed by atoms with Crippen molar-refractivity contribution in [3.05, 3.63) is 119 Å². The van der Waals surface area contributed by atoms with Crippen molar-refractivity contribution in [1.82, 2.24) is 4.57 Å². The highest BCUT2D eigenvalue weighted by Gasteiger charge is 2.35. The molecule has 0 radical (unpaired) electrons. The molecule has 0 aliphatic carbocycles. The van der Waals surface area contributed by atoms with E-state index in [0.29, 0.717) is 51.1 Å². The predicted molar refractivity (Wildman–Crippen MR) is 174 cm³/mol. The summed E-state index contributed by atoms with van der Waals surface area (Å²) in [6.07, 6.45) is 1.45. The first-order chi connectivity index (χ1) is 21.2. The quantitative estimate of drug-likeness (QED) is 0.193. The zero-order valence-corrected chi connectivity index (χ0v) is 27.5. The standard InChI is InChI=1S/C34H33BrN2O6S/c1-6-41-28-16-23(12-14-27(28)42-19-22-10-8-7-9-11-22)17-29-32(38)37-31(25-18-24(35)13-15-26(25)40-5)30(33(39)43-20(2)3)21(4)36-34(37)44-29/h7-18,20,31H,6,19H2,1-5H3/b29-17-/t31-/m1/s1. The van der Waals surface area contributed by atoms with Crippen molar-refractivity contribution in [2.45, 2.75) is 46.4 Å². The number of fused-ring (bicyclic) bond motifs is 1. The summed E-state index contributed by atoms with van der Waals surface area (Å²) in [4.78, 5) is 32.7. The van der Waals surface area contributed by atoms with Gasteiger partial charge in [-0.15, -0.1) is 0 Å². The molecule has 0 saturated heterocycles. The highest BCUT2D eigenvalue weighted by molar-refractivity contribution is 9.10. The maximum absolute atomic E-state index is 14.1. The lowest BCUT2D eigenvalue weighted by Crippen LogP contribution is -2.40. The molecular formula is C34H33BrN2O6S. The van der Waals surface area contributed by atoms with E-state index in [0.717, 1.165) is 15.6 Å². The number of esters is 1. The Balaban J connectivity index is 1.61. The van der Waals surface area contributed by atoms with Gasteiger partial charge >= 0.3 is 5.97 Å². The summed E-state index contributed by atoms with van der Waals surface area (Å²) < 4.78 is 26.0. The third kappa shape index (κ3) is 6.66. The van der Waals surface area contributed by atoms with E-state index in [2.05, 4.69) is 20.9 Å². The lowest BCUT2D eigenvalue weighted by Gasteiger charge is -2.26. The van der Waals surface area contributed by atoms with Gasteiger partial charge in [0.15, 0.2) is 16.3 Å². The van der Waals surface area contributed by atoms with Crippen molar-refractivity contribution in [2.75, 3.05) is 13.7 Å². The number of carbonyl (C=O) groups is 1. The number of nitrogens with zero attached hydrogens (tertiary/aromatic N) is 2. The number of methoxy groups -OCH3 is 1. The molecule has 1 aliphatic heterocycles. The molecule has 10 heteroatoms. The number of halogens is 1. The van der Waals surface area contributed by atoms with E-state index in [1.165, 1.54) is 11.3 Å². The average Bonchev–Trinajstić information content (AvgIpc) is 3.30. The SMILES string of the molecule is CCOc1cc(/C=c2\sc3n(c2=O)[C@H](c2cc(Br)ccc2OC)C(C(=O)OC(C)C)=C(C)N=3)ccc1OCc1ccccc1. The van der Waals surface area contributed by atoms with E-state index in [-0.39, 0.29) is 17.2 Å². The number of aromatic nitrogens is 1. The molecule has 1 aromatic heterocycles. The van der Waals surface area contributed by atoms with Gasteiger partial charge in [-0.3, -0.25) is 9.36 Å². The summed E-state index contributed by atoms with van der Waals surface area (Å²) in [5.41, 5.74) is 2.92. The molecule has 4 aromatic rings. The van der Waals surface area contributed by atoms with E-state index < -0.39 is 12.0 Å². The number of carbonyl (C=O) groups excluding carboxylic acids is 1. The fourth-order valence-electron chi connectivity index (χ4n) is 4.96. The zero-order valence-electron chi connectivity index (χ0n) is 25.1. The maximum Gasteiger partial charge on any atom is 0.338 e. The van der Waals surface area contributed by atoms with Crippen molar-refractivity contribution in [3.63, 3.8) is 0 Å². The number of rotatable bonds is 10. The number of thiazole rings is 1. The van der Waals surface area contributed by atoms with Crippen molar-refractivity contribution in [1.29, 1.82) is 0 Å². The molecule has 5 rings (SSSR count). The molecule has 228 valence electrons. The van der Waals surface area contributed by atoms with Gasteiger partial charge in [0.2, 0.25) is 0 Å². The lowest BCUT2D eigenvalue weighted by atomic mass is 9.95. The van der Waals surface area contributed by atoms with Crippen molar-refractivity contribution >= 4 is 39.3 Å². The number of benzene rings is 3. The molecule has 0 spiro atoms. The van der Waals surface area contributed by atoms with E-state index in [9.17, 15) is 9.59 Å². The van der Waals surface area contributed by atoms with Crippen LogP contribution in [0, 0.1) is 0 Å². The van der Waals surface area contributed by atoms with Gasteiger partial charge in [0, 0.05) is 10.0 Å². The van der Waals surface area contributed by atoms with Crippen LogP contribution in [0.4, 0.5) is 0 Å². The molecule has 0 N–H and O–H groups in total. The van der Waals surface area contributed by atoms with E-state index in [1.54, 1.807) is 44.6 Å². The molecule has 8 nitrogen and oxygen atoms in total. The Morgan fingerprint density at radius 2 is 1.80 bits per heavy atom. The monoisotopic (exact) mass is 676 g/mol. The molecule has 44 heavy (non-hydrogen) atoms. The average molecular weight is 678 g/mol. The first-order valence-electron chi connectivity index (χ1n) is 14.2. The third-order valence-corrected chi connectivity index (χ3v) is 8.35. The molecule has 0 fully saturated rings. The lowest BCUT2D eigenvalue weighted by molar-refractivity contribution is -0.143. The van der Waals surface area contributed by atoms with Crippen LogP contribution >= 0.6 is 27.3 Å². The first-order valence-corrected chi connectivity index (χ1v) is 15.8. The van der Waals surface area contributed by atoms with Crippen LogP contribution in [0.15, 0.2) is 92.3 Å². The molecular weight excluding hydrogens is 644 g/mol. The number of hydrogen-bond donors (Lipinski definition) is 0. The molecule has 3 aromatic carbocycles. The third-order valence-electron chi connectivity index (χ3n) is 6.87. The smallest absolute Gasteiger partial charge is 0.338 e. The Labute approximate surface area is 268 Å². The molecule has 1 atom stereocenters. The van der Waals surface area contributed by atoms with Gasteiger partial charge in [0.1, 0.15) is 18.4 Å². The Hall–Kier alpha value is -4.15. The van der Waals surface area contributed by atoms with Crippen LogP contribution in [0.5, 0.6) is 17.2 Å². The Morgan fingerprint density at radius 1 is 1.05 bits per heavy atom. The van der Waals surface area contributed by atoms with Gasteiger partial charge in [0.25, 0.3) is 5.56 Å². The number of hydrogen-bond acceptors (Lipinski definition) is 8. The molecule has 0 unspecified atom stereocenters.